The van der Waals surface area contributed by atoms with Crippen molar-refractivity contribution >= 4 is 48.0 Å². The predicted molar refractivity (Wildman–Crippen MR) is 116 cm³/mol. The highest BCUT2D eigenvalue weighted by atomic mass is 35.5. The van der Waals surface area contributed by atoms with E-state index in [1.165, 1.54) is 32.1 Å². The summed E-state index contributed by atoms with van der Waals surface area (Å²) in [5, 5.41) is 4.85. The van der Waals surface area contributed by atoms with Gasteiger partial charge in [0, 0.05) is 31.7 Å². The van der Waals surface area contributed by atoms with Crippen LogP contribution in [0.2, 0.25) is 10.0 Å². The molecule has 1 heterocycles. The first-order valence-electron chi connectivity index (χ1n) is 8.79. The summed E-state index contributed by atoms with van der Waals surface area (Å²) < 4.78 is 0. The van der Waals surface area contributed by atoms with Crippen LogP contribution in [0, 0.1) is 5.92 Å². The van der Waals surface area contributed by atoms with Crippen molar-refractivity contribution in [3.63, 3.8) is 0 Å². The smallest absolute Gasteiger partial charge is 0.0640 e. The summed E-state index contributed by atoms with van der Waals surface area (Å²) >= 11 is 12.7. The fourth-order valence-corrected chi connectivity index (χ4v) is 4.36. The number of hydrogen-bond donors (Lipinski definition) is 2. The minimum atomic E-state index is 0. The van der Waals surface area contributed by atoms with Crippen molar-refractivity contribution in [1.82, 2.24) is 10.2 Å². The normalized spacial score (nSPS) is 26.2. The Morgan fingerprint density at radius 3 is 2.50 bits per heavy atom. The lowest BCUT2D eigenvalue weighted by Gasteiger charge is -2.38. The first-order chi connectivity index (χ1) is 11.1. The molecule has 1 aromatic carbocycles. The fraction of sp³-hybridized carbons (Fsp3) is 0.667. The van der Waals surface area contributed by atoms with Gasteiger partial charge in [-0.05, 0) is 56.2 Å². The summed E-state index contributed by atoms with van der Waals surface area (Å²) in [6.45, 7) is 4.19. The van der Waals surface area contributed by atoms with Crippen LogP contribution in [0.5, 0.6) is 0 Å². The molecule has 152 valence electrons. The molecule has 0 bridgehead atoms. The van der Waals surface area contributed by atoms with Crippen molar-refractivity contribution in [3.05, 3.63) is 33.8 Å². The van der Waals surface area contributed by atoms with Gasteiger partial charge in [-0.3, -0.25) is 4.90 Å². The Hall–Kier alpha value is 0.220. The molecule has 1 atom stereocenters. The van der Waals surface area contributed by atoms with Crippen molar-refractivity contribution in [2.75, 3.05) is 26.2 Å². The predicted octanol–water partition coefficient (Wildman–Crippen LogP) is 3.87. The molecular weight excluding hydrogens is 416 g/mol. The second-order valence-corrected chi connectivity index (χ2v) is 7.75. The first-order valence-corrected chi connectivity index (χ1v) is 9.55. The Labute approximate surface area is 179 Å². The number of nitrogens with zero attached hydrogens (tertiary/aromatic N) is 1. The van der Waals surface area contributed by atoms with Crippen LogP contribution in [0.25, 0.3) is 0 Å². The van der Waals surface area contributed by atoms with Crippen molar-refractivity contribution in [3.8, 4) is 0 Å². The Kier molecular flexibility index (Phi) is 12.7. The second kappa shape index (κ2) is 12.6. The molecule has 0 spiro atoms. The van der Waals surface area contributed by atoms with Gasteiger partial charge in [0.25, 0.3) is 0 Å². The van der Waals surface area contributed by atoms with Gasteiger partial charge in [-0.1, -0.05) is 35.3 Å². The van der Waals surface area contributed by atoms with E-state index < -0.39 is 0 Å². The number of nitrogens with one attached hydrogen (secondary N) is 1. The average molecular weight is 447 g/mol. The van der Waals surface area contributed by atoms with Crippen molar-refractivity contribution < 1.29 is 5.48 Å². The van der Waals surface area contributed by atoms with Crippen LogP contribution in [-0.4, -0.2) is 42.6 Å². The average Bonchev–Trinajstić information content (AvgIpc) is 2.57. The van der Waals surface area contributed by atoms with Gasteiger partial charge in [-0.2, -0.15) is 0 Å². The lowest BCUT2D eigenvalue weighted by molar-refractivity contribution is 0.144. The minimum Gasteiger partial charge on any atom is -0.412 e. The number of rotatable bonds is 4. The van der Waals surface area contributed by atoms with Crippen molar-refractivity contribution in [2.45, 2.75) is 44.2 Å². The Morgan fingerprint density at radius 2 is 1.81 bits per heavy atom. The number of piperazine rings is 1. The standard InChI is InChI=1S/C18H27Cl2N3.2ClH.H2O/c19-16-3-1-2-15(18(16)20)17-12-22-9-11-23(17)10-8-13-4-6-14(21)7-5-13;;;/h1-3,13-14,17,22H,4-12,21H2;2*1H;1H2. The Balaban J connectivity index is 0.00000208. The fourth-order valence-electron chi connectivity index (χ4n) is 3.92. The van der Waals surface area contributed by atoms with Crippen LogP contribution in [0.1, 0.15) is 43.7 Å². The number of hydrogen-bond acceptors (Lipinski definition) is 3. The minimum absolute atomic E-state index is 0. The summed E-state index contributed by atoms with van der Waals surface area (Å²) in [6, 6.07) is 6.72. The van der Waals surface area contributed by atoms with Gasteiger partial charge in [0.15, 0.2) is 0 Å². The molecule has 8 heteroatoms. The van der Waals surface area contributed by atoms with E-state index in [9.17, 15) is 0 Å². The highest BCUT2D eigenvalue weighted by Crippen LogP contribution is 2.34. The highest BCUT2D eigenvalue weighted by Gasteiger charge is 2.27. The third-order valence-corrected chi connectivity index (χ3v) is 6.24. The summed E-state index contributed by atoms with van der Waals surface area (Å²) in [6.07, 6.45) is 6.22. The van der Waals surface area contributed by atoms with Gasteiger partial charge in [0.1, 0.15) is 0 Å². The van der Waals surface area contributed by atoms with Gasteiger partial charge < -0.3 is 16.5 Å². The maximum absolute atomic E-state index is 6.46. The molecule has 1 saturated heterocycles. The van der Waals surface area contributed by atoms with Gasteiger partial charge in [-0.25, -0.2) is 0 Å². The molecule has 3 rings (SSSR count). The van der Waals surface area contributed by atoms with Gasteiger partial charge in [0.2, 0.25) is 0 Å². The van der Waals surface area contributed by atoms with E-state index in [0.717, 1.165) is 37.7 Å². The van der Waals surface area contributed by atoms with E-state index in [4.69, 9.17) is 28.9 Å². The molecule has 4 nitrogen and oxygen atoms in total. The number of halogens is 4. The van der Waals surface area contributed by atoms with Crippen LogP contribution in [0.4, 0.5) is 0 Å². The topological polar surface area (TPSA) is 72.8 Å². The molecule has 0 radical (unpaired) electrons. The SMILES string of the molecule is Cl.Cl.NC1CCC(CCN2CCNCC2c2cccc(Cl)c2Cl)CC1.O. The number of nitrogens with two attached hydrogens (primary N) is 1. The lowest BCUT2D eigenvalue weighted by Crippen LogP contribution is -2.46. The molecule has 1 aliphatic heterocycles. The van der Waals surface area contributed by atoms with Gasteiger partial charge in [0.05, 0.1) is 10.0 Å². The van der Waals surface area contributed by atoms with E-state index in [1.54, 1.807) is 0 Å². The molecule has 2 aliphatic rings. The van der Waals surface area contributed by atoms with E-state index in [-0.39, 0.29) is 30.3 Å². The molecule has 0 aromatic heterocycles. The molecule has 1 unspecified atom stereocenters. The van der Waals surface area contributed by atoms with Crippen molar-refractivity contribution in [1.29, 1.82) is 0 Å². The lowest BCUT2D eigenvalue weighted by atomic mass is 9.84. The first kappa shape index (κ1) is 26.2. The van der Waals surface area contributed by atoms with E-state index in [0.29, 0.717) is 22.1 Å². The van der Waals surface area contributed by atoms with Crippen LogP contribution in [0.3, 0.4) is 0 Å². The quantitative estimate of drug-likeness (QED) is 0.737. The van der Waals surface area contributed by atoms with Crippen LogP contribution in [-0.2, 0) is 0 Å². The molecular formula is C18H31Cl4N3O. The molecule has 26 heavy (non-hydrogen) atoms. The zero-order valence-corrected chi connectivity index (χ0v) is 18.1. The van der Waals surface area contributed by atoms with Gasteiger partial charge >= 0.3 is 0 Å². The maximum atomic E-state index is 6.46. The molecule has 1 aliphatic carbocycles. The molecule has 1 saturated carbocycles. The van der Waals surface area contributed by atoms with Crippen molar-refractivity contribution in [2.24, 2.45) is 11.7 Å². The van der Waals surface area contributed by atoms with Crippen LogP contribution in [0.15, 0.2) is 18.2 Å². The zero-order valence-electron chi connectivity index (χ0n) is 14.9. The Morgan fingerprint density at radius 1 is 1.12 bits per heavy atom. The third kappa shape index (κ3) is 6.68. The Bertz CT molecular complexity index is 527. The molecule has 2 fully saturated rings. The monoisotopic (exact) mass is 445 g/mol. The zero-order chi connectivity index (χ0) is 16.2. The van der Waals surface area contributed by atoms with Gasteiger partial charge in [-0.15, -0.1) is 24.8 Å². The number of benzene rings is 1. The summed E-state index contributed by atoms with van der Waals surface area (Å²) in [5.74, 6) is 0.833. The maximum Gasteiger partial charge on any atom is 0.0640 e. The largest absolute Gasteiger partial charge is 0.412 e. The molecule has 1 aromatic rings. The molecule has 5 N–H and O–H groups in total. The third-order valence-electron chi connectivity index (χ3n) is 5.41. The second-order valence-electron chi connectivity index (χ2n) is 6.97. The summed E-state index contributed by atoms with van der Waals surface area (Å²) in [5.41, 5.74) is 7.17. The van der Waals surface area contributed by atoms with E-state index in [1.807, 2.05) is 12.1 Å². The van der Waals surface area contributed by atoms with Crippen LogP contribution < -0.4 is 11.1 Å². The summed E-state index contributed by atoms with van der Waals surface area (Å²) in [7, 11) is 0. The highest BCUT2D eigenvalue weighted by molar-refractivity contribution is 6.42. The van der Waals surface area contributed by atoms with E-state index in [2.05, 4.69) is 16.3 Å². The summed E-state index contributed by atoms with van der Waals surface area (Å²) in [4.78, 5) is 2.57. The van der Waals surface area contributed by atoms with E-state index >= 15 is 0 Å². The van der Waals surface area contributed by atoms with Crippen LogP contribution >= 0.6 is 48.0 Å². The molecule has 0 amide bonds.